The van der Waals surface area contributed by atoms with E-state index < -0.39 is 0 Å². The van der Waals surface area contributed by atoms with E-state index in [0.29, 0.717) is 0 Å². The molecule has 0 radical (unpaired) electrons. The molecule has 1 fully saturated rings. The van der Waals surface area contributed by atoms with Gasteiger partial charge in [0.25, 0.3) is 0 Å². The number of nitrogens with zero attached hydrogens (tertiary/aromatic N) is 1. The zero-order valence-corrected chi connectivity index (χ0v) is 7.53. The van der Waals surface area contributed by atoms with Gasteiger partial charge in [0.05, 0.1) is 25.9 Å². The molecule has 1 unspecified atom stereocenters. The van der Waals surface area contributed by atoms with Gasteiger partial charge in [-0.05, 0) is 0 Å². The van der Waals surface area contributed by atoms with E-state index in [0.717, 1.165) is 32.8 Å². The lowest BCUT2D eigenvalue weighted by atomic mass is 10.3. The summed E-state index contributed by atoms with van der Waals surface area (Å²) in [5, 5.41) is 8.85. The van der Waals surface area contributed by atoms with E-state index in [4.69, 9.17) is 14.6 Å². The summed E-state index contributed by atoms with van der Waals surface area (Å²) in [4.78, 5) is 2.24. The fourth-order valence-electron chi connectivity index (χ4n) is 1.31. The Bertz CT molecular complexity index is 121. The van der Waals surface area contributed by atoms with E-state index in [1.165, 1.54) is 0 Å². The van der Waals surface area contributed by atoms with Gasteiger partial charge in [0.1, 0.15) is 0 Å². The average Bonchev–Trinajstić information content (AvgIpc) is 2.15. The highest BCUT2D eigenvalue weighted by Crippen LogP contribution is 2.03. The van der Waals surface area contributed by atoms with E-state index in [2.05, 4.69) is 4.90 Å². The Morgan fingerprint density at radius 3 is 3.17 bits per heavy atom. The number of aliphatic hydroxyl groups is 1. The van der Waals surface area contributed by atoms with E-state index in [-0.39, 0.29) is 12.7 Å². The molecule has 12 heavy (non-hydrogen) atoms. The third-order valence-corrected chi connectivity index (χ3v) is 2.04. The van der Waals surface area contributed by atoms with Crippen molar-refractivity contribution in [3.8, 4) is 0 Å². The van der Waals surface area contributed by atoms with Gasteiger partial charge in [0.15, 0.2) is 0 Å². The molecule has 72 valence electrons. The van der Waals surface area contributed by atoms with Gasteiger partial charge in [-0.3, -0.25) is 4.90 Å². The molecule has 4 heteroatoms. The van der Waals surface area contributed by atoms with Crippen LogP contribution >= 0.6 is 0 Å². The first kappa shape index (κ1) is 9.92. The molecule has 1 aliphatic heterocycles. The number of ether oxygens (including phenoxy) is 2. The molecule has 0 aromatic rings. The van der Waals surface area contributed by atoms with Crippen LogP contribution in [-0.4, -0.2) is 62.7 Å². The Morgan fingerprint density at radius 1 is 1.67 bits per heavy atom. The Balaban J connectivity index is 2.16. The van der Waals surface area contributed by atoms with E-state index in [9.17, 15) is 0 Å². The molecule has 0 aromatic carbocycles. The molecule has 0 aliphatic carbocycles. The van der Waals surface area contributed by atoms with Gasteiger partial charge in [-0.1, -0.05) is 0 Å². The Labute approximate surface area is 73.1 Å². The Kier molecular flexibility index (Phi) is 4.53. The smallest absolute Gasteiger partial charge is 0.0932 e. The Morgan fingerprint density at radius 2 is 2.50 bits per heavy atom. The highest BCUT2D eigenvalue weighted by atomic mass is 16.5. The fourth-order valence-corrected chi connectivity index (χ4v) is 1.31. The number of hydrogen-bond acceptors (Lipinski definition) is 4. The number of methoxy groups -OCH3 is 1. The lowest BCUT2D eigenvalue weighted by Gasteiger charge is -2.31. The van der Waals surface area contributed by atoms with Gasteiger partial charge in [-0.2, -0.15) is 0 Å². The molecule has 0 spiro atoms. The van der Waals surface area contributed by atoms with E-state index in [1.54, 1.807) is 7.11 Å². The van der Waals surface area contributed by atoms with Crippen molar-refractivity contribution in [3.05, 3.63) is 0 Å². The van der Waals surface area contributed by atoms with Crippen molar-refractivity contribution >= 4 is 0 Å². The second-order valence-corrected chi connectivity index (χ2v) is 2.97. The summed E-state index contributed by atoms with van der Waals surface area (Å²) in [6, 6.07) is 0. The molecule has 4 nitrogen and oxygen atoms in total. The first-order chi connectivity index (χ1) is 5.86. The summed E-state index contributed by atoms with van der Waals surface area (Å²) in [5.41, 5.74) is 0. The van der Waals surface area contributed by atoms with Crippen LogP contribution in [0.1, 0.15) is 0 Å². The second kappa shape index (κ2) is 5.48. The third-order valence-electron chi connectivity index (χ3n) is 2.04. The molecule has 1 aliphatic rings. The summed E-state index contributed by atoms with van der Waals surface area (Å²) in [7, 11) is 1.70. The number of rotatable bonds is 4. The first-order valence-electron chi connectivity index (χ1n) is 4.30. The summed E-state index contributed by atoms with van der Waals surface area (Å²) < 4.78 is 10.3. The van der Waals surface area contributed by atoms with Gasteiger partial charge in [0, 0.05) is 26.7 Å². The van der Waals surface area contributed by atoms with Crippen LogP contribution in [0.4, 0.5) is 0 Å². The molecule has 1 atom stereocenters. The zero-order valence-electron chi connectivity index (χ0n) is 7.53. The van der Waals surface area contributed by atoms with Gasteiger partial charge in [-0.15, -0.1) is 0 Å². The molecule has 1 saturated heterocycles. The summed E-state index contributed by atoms with van der Waals surface area (Å²) in [6.45, 7) is 4.27. The van der Waals surface area contributed by atoms with Crippen LogP contribution in [0.25, 0.3) is 0 Å². The Hall–Kier alpha value is -0.160. The predicted molar refractivity (Wildman–Crippen MR) is 45.1 cm³/mol. The summed E-state index contributed by atoms with van der Waals surface area (Å²) in [5.74, 6) is 0. The minimum atomic E-state index is -0.00407. The highest BCUT2D eigenvalue weighted by molar-refractivity contribution is 4.70. The fraction of sp³-hybridized carbons (Fsp3) is 1.00. The minimum absolute atomic E-state index is 0.00407. The van der Waals surface area contributed by atoms with E-state index in [1.807, 2.05) is 0 Å². The van der Waals surface area contributed by atoms with Gasteiger partial charge >= 0.3 is 0 Å². The standard InChI is InChI=1S/C8H17NO3/c1-11-4-2-9-3-5-12-8(6-9)7-10/h8,10H,2-7H2,1H3. The van der Waals surface area contributed by atoms with Gasteiger partial charge in [-0.25, -0.2) is 0 Å². The maximum atomic E-state index is 8.85. The van der Waals surface area contributed by atoms with Crippen molar-refractivity contribution in [3.63, 3.8) is 0 Å². The number of hydrogen-bond donors (Lipinski definition) is 1. The molecule has 0 amide bonds. The van der Waals surface area contributed by atoms with E-state index >= 15 is 0 Å². The van der Waals surface area contributed by atoms with Crippen LogP contribution in [0.15, 0.2) is 0 Å². The lowest BCUT2D eigenvalue weighted by Crippen LogP contribution is -2.45. The molecular formula is C8H17NO3. The van der Waals surface area contributed by atoms with Gasteiger partial charge < -0.3 is 14.6 Å². The van der Waals surface area contributed by atoms with Crippen LogP contribution in [-0.2, 0) is 9.47 Å². The monoisotopic (exact) mass is 175 g/mol. The molecule has 0 bridgehead atoms. The van der Waals surface area contributed by atoms with Crippen molar-refractivity contribution in [1.82, 2.24) is 4.90 Å². The molecule has 1 heterocycles. The van der Waals surface area contributed by atoms with Crippen molar-refractivity contribution in [2.75, 3.05) is 46.6 Å². The predicted octanol–water partition coefficient (Wildman–Crippen LogP) is -0.674. The SMILES string of the molecule is COCCN1CCOC(CO)C1. The molecular weight excluding hydrogens is 158 g/mol. The molecule has 0 aromatic heterocycles. The van der Waals surface area contributed by atoms with Gasteiger partial charge in [0.2, 0.25) is 0 Å². The van der Waals surface area contributed by atoms with Crippen LogP contribution < -0.4 is 0 Å². The first-order valence-corrected chi connectivity index (χ1v) is 4.30. The van der Waals surface area contributed by atoms with Crippen molar-refractivity contribution < 1.29 is 14.6 Å². The zero-order chi connectivity index (χ0) is 8.81. The largest absolute Gasteiger partial charge is 0.394 e. The normalized spacial score (nSPS) is 26.0. The number of morpholine rings is 1. The van der Waals surface area contributed by atoms with Crippen LogP contribution in [0.3, 0.4) is 0 Å². The molecule has 0 saturated carbocycles. The van der Waals surface area contributed by atoms with Crippen LogP contribution in [0.2, 0.25) is 0 Å². The minimum Gasteiger partial charge on any atom is -0.394 e. The van der Waals surface area contributed by atoms with Crippen LogP contribution in [0, 0.1) is 0 Å². The molecule has 1 rings (SSSR count). The second-order valence-electron chi connectivity index (χ2n) is 2.97. The highest BCUT2D eigenvalue weighted by Gasteiger charge is 2.18. The molecule has 1 N–H and O–H groups in total. The quantitative estimate of drug-likeness (QED) is 0.615. The van der Waals surface area contributed by atoms with Crippen LogP contribution in [0.5, 0.6) is 0 Å². The van der Waals surface area contributed by atoms with Crippen molar-refractivity contribution in [1.29, 1.82) is 0 Å². The maximum absolute atomic E-state index is 8.85. The number of aliphatic hydroxyl groups excluding tert-OH is 1. The lowest BCUT2D eigenvalue weighted by molar-refractivity contribution is -0.0566. The summed E-state index contributed by atoms with van der Waals surface area (Å²) >= 11 is 0. The maximum Gasteiger partial charge on any atom is 0.0932 e. The van der Waals surface area contributed by atoms with Crippen molar-refractivity contribution in [2.24, 2.45) is 0 Å². The average molecular weight is 175 g/mol. The topological polar surface area (TPSA) is 41.9 Å². The van der Waals surface area contributed by atoms with Crippen molar-refractivity contribution in [2.45, 2.75) is 6.10 Å². The third kappa shape index (κ3) is 3.06. The summed E-state index contributed by atoms with van der Waals surface area (Å²) in [6.07, 6.45) is -0.00407.